The number of hydrogen-bond donors (Lipinski definition) is 2. The molecule has 2 heterocycles. The Morgan fingerprint density at radius 2 is 1.40 bits per heavy atom. The van der Waals surface area contributed by atoms with E-state index in [9.17, 15) is 34.5 Å². The van der Waals surface area contributed by atoms with E-state index in [1.165, 1.54) is 0 Å². The molecule has 0 aliphatic carbocycles. The predicted octanol–water partition coefficient (Wildman–Crippen LogP) is -5.71. The van der Waals surface area contributed by atoms with Gasteiger partial charge in [-0.2, -0.15) is 0 Å². The molecule has 0 atom stereocenters. The molecule has 194 valence electrons. The van der Waals surface area contributed by atoms with E-state index in [1.807, 2.05) is 0 Å². The lowest BCUT2D eigenvalue weighted by Gasteiger charge is -2.32. The molecule has 1 amide bonds. The number of carbonyl (C=O) groups is 4. The molecule has 13 heteroatoms. The second-order valence-electron chi connectivity index (χ2n) is 8.30. The van der Waals surface area contributed by atoms with Crippen LogP contribution in [0.1, 0.15) is 23.4 Å². The summed E-state index contributed by atoms with van der Waals surface area (Å²) in [7, 11) is 0. The molecule has 1 aromatic heterocycles. The van der Waals surface area contributed by atoms with Gasteiger partial charge in [0.15, 0.2) is 0 Å². The van der Waals surface area contributed by atoms with Gasteiger partial charge in [0.2, 0.25) is 5.91 Å². The van der Waals surface area contributed by atoms with Gasteiger partial charge >= 0.3 is 0 Å². The highest BCUT2D eigenvalue weighted by Crippen LogP contribution is 2.16. The number of aryl methyl sites for hydroxylation is 1. The second-order valence-corrected chi connectivity index (χ2v) is 8.30. The molecular formula is C22H30N5O8-3. The quantitative estimate of drug-likeness (QED) is 0.298. The van der Waals surface area contributed by atoms with Gasteiger partial charge in [-0.15, -0.1) is 0 Å². The fourth-order valence-corrected chi connectivity index (χ4v) is 3.81. The monoisotopic (exact) mass is 492 g/mol. The first-order valence-corrected chi connectivity index (χ1v) is 11.3. The van der Waals surface area contributed by atoms with E-state index in [2.05, 4.69) is 10.3 Å². The number of hydrogen-bond acceptors (Lipinski definition) is 12. The molecule has 0 aromatic carbocycles. The molecule has 0 spiro atoms. The molecular weight excluding hydrogens is 462 g/mol. The third-order valence-corrected chi connectivity index (χ3v) is 5.46. The van der Waals surface area contributed by atoms with Gasteiger partial charge in [0.1, 0.15) is 0 Å². The van der Waals surface area contributed by atoms with Gasteiger partial charge in [0.25, 0.3) is 0 Å². The van der Waals surface area contributed by atoms with Crippen LogP contribution in [0.2, 0.25) is 0 Å². The Hall–Kier alpha value is -3.13. The first-order valence-electron chi connectivity index (χ1n) is 11.3. The summed E-state index contributed by atoms with van der Waals surface area (Å²) in [4.78, 5) is 55.1. The third kappa shape index (κ3) is 10.8. The van der Waals surface area contributed by atoms with Crippen molar-refractivity contribution in [3.8, 4) is 0 Å². The van der Waals surface area contributed by atoms with Crippen LogP contribution in [0.15, 0.2) is 12.1 Å². The summed E-state index contributed by atoms with van der Waals surface area (Å²) in [5, 5.41) is 45.2. The summed E-state index contributed by atoms with van der Waals surface area (Å²) < 4.78 is 0. The van der Waals surface area contributed by atoms with Crippen molar-refractivity contribution in [3.05, 3.63) is 29.1 Å². The molecule has 2 bridgehead atoms. The van der Waals surface area contributed by atoms with Crippen molar-refractivity contribution >= 4 is 23.8 Å². The molecule has 0 radical (unpaired) electrons. The molecule has 0 unspecified atom stereocenters. The lowest BCUT2D eigenvalue weighted by molar-refractivity contribution is -0.308. The number of nitrogens with one attached hydrogen (secondary N) is 1. The molecule has 1 aromatic rings. The highest BCUT2D eigenvalue weighted by atomic mass is 16.4. The van der Waals surface area contributed by atoms with Crippen LogP contribution in [0.5, 0.6) is 0 Å². The fraction of sp³-hybridized carbons (Fsp3) is 0.591. The van der Waals surface area contributed by atoms with Gasteiger partial charge in [-0.25, -0.2) is 0 Å². The SMILES string of the molecule is O=C([O-])CN1CCN(CC(=O)[O-])Cc2ccc(CCC(=O)NCCO)c(n2)CN(CC(=O)[O-])CC1. The number of amides is 1. The van der Waals surface area contributed by atoms with Crippen molar-refractivity contribution in [1.82, 2.24) is 25.0 Å². The number of rotatable bonds is 11. The van der Waals surface area contributed by atoms with Gasteiger partial charge in [0.05, 0.1) is 35.9 Å². The van der Waals surface area contributed by atoms with Gasteiger partial charge in [-0.1, -0.05) is 6.07 Å². The van der Waals surface area contributed by atoms with Gasteiger partial charge in [-0.05, 0) is 18.1 Å². The lowest BCUT2D eigenvalue weighted by atomic mass is 10.1. The number of carboxylic acid groups (broad SMARTS) is 3. The first-order chi connectivity index (χ1) is 16.7. The molecule has 0 fully saturated rings. The topological polar surface area (TPSA) is 192 Å². The number of aliphatic hydroxyl groups excluding tert-OH is 1. The molecule has 13 nitrogen and oxygen atoms in total. The minimum absolute atomic E-state index is 0.106. The number of pyridine rings is 1. The van der Waals surface area contributed by atoms with E-state index >= 15 is 0 Å². The Morgan fingerprint density at radius 3 is 1.97 bits per heavy atom. The number of aliphatic hydroxyl groups is 1. The summed E-state index contributed by atoms with van der Waals surface area (Å²) in [6.07, 6.45) is 0.448. The fourth-order valence-electron chi connectivity index (χ4n) is 3.81. The number of aromatic nitrogens is 1. The van der Waals surface area contributed by atoms with Gasteiger partial charge < -0.3 is 40.1 Å². The maximum Gasteiger partial charge on any atom is 0.220 e. The summed E-state index contributed by atoms with van der Waals surface area (Å²) in [5.41, 5.74) is 1.78. The van der Waals surface area contributed by atoms with Crippen LogP contribution in [0.25, 0.3) is 0 Å². The van der Waals surface area contributed by atoms with Crippen molar-refractivity contribution in [2.75, 3.05) is 59.0 Å². The average Bonchev–Trinajstić information content (AvgIpc) is 2.76. The average molecular weight is 493 g/mol. The summed E-state index contributed by atoms with van der Waals surface area (Å²) in [6, 6.07) is 3.49. The minimum Gasteiger partial charge on any atom is -0.549 e. The van der Waals surface area contributed by atoms with E-state index in [1.54, 1.807) is 26.8 Å². The van der Waals surface area contributed by atoms with Crippen molar-refractivity contribution in [2.45, 2.75) is 25.9 Å². The Balaban J connectivity index is 2.33. The normalized spacial score (nSPS) is 16.1. The zero-order valence-corrected chi connectivity index (χ0v) is 19.4. The molecule has 2 N–H and O–H groups in total. The Labute approximate surface area is 203 Å². The van der Waals surface area contributed by atoms with Crippen LogP contribution < -0.4 is 20.6 Å². The molecule has 35 heavy (non-hydrogen) atoms. The highest BCUT2D eigenvalue weighted by Gasteiger charge is 2.18. The highest BCUT2D eigenvalue weighted by molar-refractivity contribution is 5.76. The number of nitrogens with zero attached hydrogens (tertiary/aromatic N) is 4. The second kappa shape index (κ2) is 14.3. The maximum atomic E-state index is 12.0. The van der Waals surface area contributed by atoms with E-state index < -0.39 is 31.0 Å². The van der Waals surface area contributed by atoms with Crippen LogP contribution in [0, 0.1) is 0 Å². The largest absolute Gasteiger partial charge is 0.549 e. The van der Waals surface area contributed by atoms with Crippen LogP contribution in [-0.2, 0) is 38.7 Å². The first kappa shape index (κ1) is 28.1. The molecule has 1 aliphatic heterocycles. The zero-order chi connectivity index (χ0) is 25.8. The van der Waals surface area contributed by atoms with Gasteiger partial charge in [-0.3, -0.25) is 24.5 Å². The van der Waals surface area contributed by atoms with Crippen LogP contribution in [0.4, 0.5) is 0 Å². The minimum atomic E-state index is -1.30. The van der Waals surface area contributed by atoms with E-state index in [-0.39, 0.29) is 71.3 Å². The van der Waals surface area contributed by atoms with Crippen LogP contribution >= 0.6 is 0 Å². The number of aliphatic carboxylic acids is 3. The molecule has 2 rings (SSSR count). The third-order valence-electron chi connectivity index (χ3n) is 5.46. The van der Waals surface area contributed by atoms with Crippen molar-refractivity contribution < 1.29 is 39.6 Å². The summed E-state index contributed by atoms with van der Waals surface area (Å²) >= 11 is 0. The molecule has 1 aliphatic rings. The predicted molar refractivity (Wildman–Crippen MR) is 115 cm³/mol. The van der Waals surface area contributed by atoms with Crippen molar-refractivity contribution in [2.24, 2.45) is 0 Å². The standard InChI is InChI=1S/C22H33N5O8/c28-10-5-23-19(29)4-2-16-1-3-17-11-26(14-21(32)33)8-6-25(13-20(30)31)7-9-27(15-22(34)35)12-18(16)24-17/h1,3,28H,2,4-15H2,(H,23,29)(H,30,31)(H,32,33)(H,34,35)/p-3. The van der Waals surface area contributed by atoms with Gasteiger partial charge in [0, 0.05) is 71.9 Å². The van der Waals surface area contributed by atoms with Crippen molar-refractivity contribution in [1.29, 1.82) is 0 Å². The van der Waals surface area contributed by atoms with E-state index in [0.717, 1.165) is 0 Å². The Bertz CT molecular complexity index is 897. The van der Waals surface area contributed by atoms with Crippen LogP contribution in [-0.4, -0.2) is 108 Å². The van der Waals surface area contributed by atoms with Crippen molar-refractivity contribution in [3.63, 3.8) is 0 Å². The zero-order valence-electron chi connectivity index (χ0n) is 19.4. The maximum absolute atomic E-state index is 12.0. The number of carbonyl (C=O) groups excluding carboxylic acids is 4. The van der Waals surface area contributed by atoms with Crippen LogP contribution in [0.3, 0.4) is 0 Å². The van der Waals surface area contributed by atoms with E-state index in [0.29, 0.717) is 23.4 Å². The smallest absolute Gasteiger partial charge is 0.220 e. The number of fused-ring (bicyclic) bond motifs is 2. The Morgan fingerprint density at radius 1 is 0.857 bits per heavy atom. The number of carboxylic acids is 3. The molecule has 0 saturated heterocycles. The summed E-state index contributed by atoms with van der Waals surface area (Å²) in [6.45, 7) is -0.147. The summed E-state index contributed by atoms with van der Waals surface area (Å²) in [5.74, 6) is -4.14. The molecule has 0 saturated carbocycles. The lowest BCUT2D eigenvalue weighted by Crippen LogP contribution is -2.48. The van der Waals surface area contributed by atoms with E-state index in [4.69, 9.17) is 5.11 Å². The Kier molecular flexibility index (Phi) is 11.5.